The molecule has 0 radical (unpaired) electrons. The number of carbonyl (C=O) groups is 2. The molecule has 0 aliphatic rings. The Morgan fingerprint density at radius 1 is 1.05 bits per heavy atom. The Hall–Kier alpha value is -2.33. The maximum atomic E-state index is 12.2. The first kappa shape index (κ1) is 14.1. The maximum Gasteiger partial charge on any atom is 0.257 e. The van der Waals surface area contributed by atoms with E-state index >= 15 is 0 Å². The first-order valence-electron chi connectivity index (χ1n) is 5.96. The molecule has 0 aliphatic heterocycles. The second-order valence-electron chi connectivity index (χ2n) is 4.26. The predicted molar refractivity (Wildman–Crippen MR) is 80.3 cm³/mol. The van der Waals surface area contributed by atoms with Crippen LogP contribution in [-0.4, -0.2) is 11.7 Å². The molecule has 2 rings (SSSR count). The number of nitrogens with one attached hydrogen (secondary N) is 1. The number of halogens is 1. The molecule has 0 atom stereocenters. The van der Waals surface area contributed by atoms with Gasteiger partial charge in [0.05, 0.1) is 22.0 Å². The highest BCUT2D eigenvalue weighted by Gasteiger charge is 2.14. The van der Waals surface area contributed by atoms with Crippen LogP contribution in [-0.2, 0) is 0 Å². The lowest BCUT2D eigenvalue weighted by atomic mass is 10.1. The van der Waals surface area contributed by atoms with Crippen molar-refractivity contribution in [3.8, 4) is 0 Å². The van der Waals surface area contributed by atoms with Crippen molar-refractivity contribution in [2.24, 2.45) is 0 Å². The highest BCUT2D eigenvalue weighted by atomic mass is 35.5. The quantitative estimate of drug-likeness (QED) is 0.672. The number of carbonyl (C=O) groups excluding carboxylic acids is 2. The van der Waals surface area contributed by atoms with Gasteiger partial charge in [-0.25, -0.2) is 0 Å². The number of nitrogen functional groups attached to an aromatic ring is 1. The van der Waals surface area contributed by atoms with Crippen LogP contribution < -0.4 is 11.1 Å². The Morgan fingerprint density at radius 2 is 1.70 bits per heavy atom. The first-order valence-corrected chi connectivity index (χ1v) is 6.34. The van der Waals surface area contributed by atoms with E-state index in [4.69, 9.17) is 17.3 Å². The van der Waals surface area contributed by atoms with Crippen LogP contribution in [0.1, 0.15) is 27.6 Å². The number of benzene rings is 2. The highest BCUT2D eigenvalue weighted by molar-refractivity contribution is 6.34. The molecule has 0 heterocycles. The van der Waals surface area contributed by atoms with Gasteiger partial charge in [-0.1, -0.05) is 29.8 Å². The van der Waals surface area contributed by atoms with E-state index in [9.17, 15) is 9.59 Å². The van der Waals surface area contributed by atoms with Crippen molar-refractivity contribution in [2.75, 3.05) is 11.1 Å². The van der Waals surface area contributed by atoms with Crippen LogP contribution in [0.4, 0.5) is 11.4 Å². The molecule has 20 heavy (non-hydrogen) atoms. The Balaban J connectivity index is 2.33. The van der Waals surface area contributed by atoms with Crippen molar-refractivity contribution >= 4 is 34.7 Å². The zero-order valence-corrected chi connectivity index (χ0v) is 11.6. The maximum absolute atomic E-state index is 12.2. The minimum absolute atomic E-state index is 0.125. The van der Waals surface area contributed by atoms with Gasteiger partial charge in [0.2, 0.25) is 0 Å². The van der Waals surface area contributed by atoms with Crippen LogP contribution in [0.2, 0.25) is 5.02 Å². The lowest BCUT2D eigenvalue weighted by Gasteiger charge is -2.11. The van der Waals surface area contributed by atoms with Crippen molar-refractivity contribution in [1.29, 1.82) is 0 Å². The molecule has 0 spiro atoms. The van der Waals surface area contributed by atoms with Gasteiger partial charge in [0.25, 0.3) is 5.91 Å². The van der Waals surface area contributed by atoms with Crippen LogP contribution in [0, 0.1) is 0 Å². The number of anilines is 2. The second-order valence-corrected chi connectivity index (χ2v) is 4.66. The average Bonchev–Trinajstić information content (AvgIpc) is 2.42. The van der Waals surface area contributed by atoms with Gasteiger partial charge in [-0.3, -0.25) is 9.59 Å². The Morgan fingerprint density at radius 3 is 2.40 bits per heavy atom. The molecule has 4 nitrogen and oxygen atoms in total. The van der Waals surface area contributed by atoms with Gasteiger partial charge in [0, 0.05) is 5.56 Å². The summed E-state index contributed by atoms with van der Waals surface area (Å²) in [7, 11) is 0. The molecule has 102 valence electrons. The zero-order chi connectivity index (χ0) is 14.7. The van der Waals surface area contributed by atoms with E-state index in [1.807, 2.05) is 0 Å². The lowest BCUT2D eigenvalue weighted by molar-refractivity contribution is 0.101. The number of amides is 1. The summed E-state index contributed by atoms with van der Waals surface area (Å²) in [4.78, 5) is 23.7. The van der Waals surface area contributed by atoms with Crippen LogP contribution >= 0.6 is 11.6 Å². The molecule has 0 saturated heterocycles. The van der Waals surface area contributed by atoms with Crippen molar-refractivity contribution in [3.63, 3.8) is 0 Å². The Bertz CT molecular complexity index is 683. The van der Waals surface area contributed by atoms with Gasteiger partial charge in [-0.2, -0.15) is 0 Å². The number of para-hydroxylation sites is 2. The molecule has 0 bridgehead atoms. The molecule has 0 unspecified atom stereocenters. The Kier molecular flexibility index (Phi) is 4.05. The predicted octanol–water partition coefficient (Wildman–Crippen LogP) is 3.38. The number of hydrogen-bond acceptors (Lipinski definition) is 3. The number of Topliss-reactive ketones (excluding diaryl/α,β-unsaturated/α-hetero) is 1. The topological polar surface area (TPSA) is 72.2 Å². The van der Waals surface area contributed by atoms with Crippen LogP contribution in [0.5, 0.6) is 0 Å². The summed E-state index contributed by atoms with van der Waals surface area (Å²) in [5, 5.41) is 2.99. The molecule has 0 fully saturated rings. The highest BCUT2D eigenvalue weighted by Crippen LogP contribution is 2.24. The van der Waals surface area contributed by atoms with E-state index in [1.54, 1.807) is 42.5 Å². The van der Waals surface area contributed by atoms with E-state index in [1.165, 1.54) is 6.92 Å². The van der Waals surface area contributed by atoms with Gasteiger partial charge in [-0.05, 0) is 31.2 Å². The molecule has 3 N–H and O–H groups in total. The fourth-order valence-electron chi connectivity index (χ4n) is 1.82. The largest absolute Gasteiger partial charge is 0.397 e. The monoisotopic (exact) mass is 288 g/mol. The molecule has 1 amide bonds. The summed E-state index contributed by atoms with van der Waals surface area (Å²) in [5.74, 6) is -0.529. The molecule has 2 aromatic carbocycles. The summed E-state index contributed by atoms with van der Waals surface area (Å²) in [6.45, 7) is 1.44. The third kappa shape index (κ3) is 2.81. The van der Waals surface area contributed by atoms with Gasteiger partial charge >= 0.3 is 0 Å². The van der Waals surface area contributed by atoms with E-state index in [-0.39, 0.29) is 17.0 Å². The van der Waals surface area contributed by atoms with Gasteiger partial charge in [-0.15, -0.1) is 0 Å². The minimum atomic E-state index is -0.404. The summed E-state index contributed by atoms with van der Waals surface area (Å²) in [6.07, 6.45) is 0. The molecule has 0 aromatic heterocycles. The second kappa shape index (κ2) is 5.75. The van der Waals surface area contributed by atoms with E-state index in [2.05, 4.69) is 5.32 Å². The van der Waals surface area contributed by atoms with Crippen molar-refractivity contribution in [2.45, 2.75) is 6.92 Å². The van der Waals surface area contributed by atoms with E-state index in [0.717, 1.165) is 0 Å². The van der Waals surface area contributed by atoms with Crippen LogP contribution in [0.15, 0.2) is 42.5 Å². The SMILES string of the molecule is CC(=O)c1ccccc1NC(=O)c1cccc(Cl)c1N. The van der Waals surface area contributed by atoms with Crippen LogP contribution in [0.25, 0.3) is 0 Å². The van der Waals surface area contributed by atoms with Gasteiger partial charge in [0.15, 0.2) is 5.78 Å². The molecule has 0 saturated carbocycles. The fourth-order valence-corrected chi connectivity index (χ4v) is 2.00. The van der Waals surface area contributed by atoms with Crippen molar-refractivity contribution in [1.82, 2.24) is 0 Å². The first-order chi connectivity index (χ1) is 9.50. The van der Waals surface area contributed by atoms with Gasteiger partial charge in [0.1, 0.15) is 0 Å². The standard InChI is InChI=1S/C15H13ClN2O2/c1-9(19)10-5-2-3-8-13(10)18-15(20)11-6-4-7-12(16)14(11)17/h2-8H,17H2,1H3,(H,18,20). The van der Waals surface area contributed by atoms with Crippen molar-refractivity contribution < 1.29 is 9.59 Å². The lowest BCUT2D eigenvalue weighted by Crippen LogP contribution is -2.16. The van der Waals surface area contributed by atoms with E-state index in [0.29, 0.717) is 16.3 Å². The smallest absolute Gasteiger partial charge is 0.257 e. The third-order valence-corrected chi connectivity index (χ3v) is 3.18. The third-order valence-electron chi connectivity index (χ3n) is 2.85. The number of nitrogens with two attached hydrogens (primary N) is 1. The molecular weight excluding hydrogens is 276 g/mol. The zero-order valence-electron chi connectivity index (χ0n) is 10.8. The number of rotatable bonds is 3. The fraction of sp³-hybridized carbons (Fsp3) is 0.0667. The summed E-state index contributed by atoms with van der Waals surface area (Å²) in [6, 6.07) is 11.6. The van der Waals surface area contributed by atoms with E-state index < -0.39 is 5.91 Å². The summed E-state index contributed by atoms with van der Waals surface area (Å²) < 4.78 is 0. The Labute approximate surface area is 121 Å². The molecule has 2 aromatic rings. The average molecular weight is 289 g/mol. The summed E-state index contributed by atoms with van der Waals surface area (Å²) >= 11 is 5.88. The van der Waals surface area contributed by atoms with Crippen LogP contribution in [0.3, 0.4) is 0 Å². The summed E-state index contributed by atoms with van der Waals surface area (Å²) in [5.41, 5.74) is 7.16. The molecular formula is C15H13ClN2O2. The van der Waals surface area contributed by atoms with Gasteiger partial charge < -0.3 is 11.1 Å². The normalized spacial score (nSPS) is 10.1. The van der Waals surface area contributed by atoms with Crippen molar-refractivity contribution in [3.05, 3.63) is 58.6 Å². The number of hydrogen-bond donors (Lipinski definition) is 2. The number of ketones is 1. The minimum Gasteiger partial charge on any atom is -0.397 e. The molecule has 0 aliphatic carbocycles. The molecule has 5 heteroatoms.